The van der Waals surface area contributed by atoms with E-state index in [1.54, 1.807) is 0 Å². The third kappa shape index (κ3) is 20.0. The molecule has 1 atom stereocenters. The van der Waals surface area contributed by atoms with Gasteiger partial charge in [-0.2, -0.15) is 0 Å². The summed E-state index contributed by atoms with van der Waals surface area (Å²) in [5.41, 5.74) is 0. The molecule has 0 aliphatic rings. The second-order valence-electron chi connectivity index (χ2n) is 8.81. The Balaban J connectivity index is 3.12. The molecule has 0 aromatic heterocycles. The summed E-state index contributed by atoms with van der Waals surface area (Å²) in [4.78, 5) is 0. The minimum atomic E-state index is 0.892. The first kappa shape index (κ1) is 24.0. The summed E-state index contributed by atoms with van der Waals surface area (Å²) in [6, 6.07) is 0. The molecular weight excluding hydrogens is 288 g/mol. The number of hydrogen-bond acceptors (Lipinski definition) is 0. The van der Waals surface area contributed by atoms with Gasteiger partial charge >= 0.3 is 0 Å². The van der Waals surface area contributed by atoms with E-state index in [9.17, 15) is 0 Å². The van der Waals surface area contributed by atoms with Crippen molar-refractivity contribution in [2.75, 3.05) is 0 Å². The Morgan fingerprint density at radius 1 is 0.417 bits per heavy atom. The molecule has 0 radical (unpaired) electrons. The van der Waals surface area contributed by atoms with Gasteiger partial charge in [-0.05, 0) is 11.8 Å². The monoisotopic (exact) mass is 338 g/mol. The lowest BCUT2D eigenvalue weighted by molar-refractivity contribution is 0.425. The summed E-state index contributed by atoms with van der Waals surface area (Å²) < 4.78 is 0. The maximum Gasteiger partial charge on any atom is -0.0443 e. The molecule has 0 N–H and O–H groups in total. The van der Waals surface area contributed by atoms with Crippen LogP contribution in [0, 0.1) is 11.8 Å². The highest BCUT2D eigenvalue weighted by atomic mass is 14.1. The van der Waals surface area contributed by atoms with Crippen molar-refractivity contribution in [3.63, 3.8) is 0 Å². The lowest BCUT2D eigenvalue weighted by atomic mass is 9.95. The Morgan fingerprint density at radius 3 is 1.17 bits per heavy atom. The molecule has 0 saturated heterocycles. The smallest absolute Gasteiger partial charge is 0.0443 e. The zero-order valence-electron chi connectivity index (χ0n) is 17.9. The van der Waals surface area contributed by atoms with E-state index in [1.165, 1.54) is 116 Å². The third-order valence-electron chi connectivity index (χ3n) is 5.53. The molecule has 0 aromatic carbocycles. The molecule has 146 valence electrons. The molecule has 0 aliphatic carbocycles. The second-order valence-corrected chi connectivity index (χ2v) is 8.81. The van der Waals surface area contributed by atoms with E-state index in [0.29, 0.717) is 0 Å². The largest absolute Gasteiger partial charge is 0.0654 e. The zero-order chi connectivity index (χ0) is 17.9. The Labute approximate surface area is 155 Å². The molecular formula is C24H50. The Morgan fingerprint density at radius 2 is 0.750 bits per heavy atom. The first-order chi connectivity index (χ1) is 11.7. The molecule has 0 amide bonds. The van der Waals surface area contributed by atoms with Gasteiger partial charge in [-0.1, -0.05) is 143 Å². The van der Waals surface area contributed by atoms with Crippen LogP contribution in [0.2, 0.25) is 0 Å². The fourth-order valence-electron chi connectivity index (χ4n) is 3.70. The van der Waals surface area contributed by atoms with Crippen LogP contribution in [0.3, 0.4) is 0 Å². The van der Waals surface area contributed by atoms with Crippen molar-refractivity contribution in [1.29, 1.82) is 0 Å². The van der Waals surface area contributed by atoms with Gasteiger partial charge in [0.25, 0.3) is 0 Å². The minimum Gasteiger partial charge on any atom is -0.0654 e. The van der Waals surface area contributed by atoms with Crippen LogP contribution in [-0.4, -0.2) is 0 Å². The van der Waals surface area contributed by atoms with Gasteiger partial charge < -0.3 is 0 Å². The third-order valence-corrected chi connectivity index (χ3v) is 5.53. The first-order valence-corrected chi connectivity index (χ1v) is 11.7. The van der Waals surface area contributed by atoms with Gasteiger partial charge in [0.15, 0.2) is 0 Å². The molecule has 0 rings (SSSR count). The van der Waals surface area contributed by atoms with E-state index in [1.807, 2.05) is 0 Å². The van der Waals surface area contributed by atoms with E-state index in [0.717, 1.165) is 11.8 Å². The summed E-state index contributed by atoms with van der Waals surface area (Å²) in [5.74, 6) is 1.86. The van der Waals surface area contributed by atoms with Gasteiger partial charge in [-0.25, -0.2) is 0 Å². The van der Waals surface area contributed by atoms with Crippen molar-refractivity contribution in [2.24, 2.45) is 11.8 Å². The molecule has 1 unspecified atom stereocenters. The van der Waals surface area contributed by atoms with Crippen LogP contribution < -0.4 is 0 Å². The molecule has 24 heavy (non-hydrogen) atoms. The predicted molar refractivity (Wildman–Crippen MR) is 113 cm³/mol. The van der Waals surface area contributed by atoms with Crippen molar-refractivity contribution >= 4 is 0 Å². The van der Waals surface area contributed by atoms with Crippen LogP contribution in [-0.2, 0) is 0 Å². The van der Waals surface area contributed by atoms with Crippen molar-refractivity contribution in [3.8, 4) is 0 Å². The van der Waals surface area contributed by atoms with E-state index in [2.05, 4.69) is 27.7 Å². The summed E-state index contributed by atoms with van der Waals surface area (Å²) in [5, 5.41) is 0. The van der Waals surface area contributed by atoms with Crippen LogP contribution in [0.15, 0.2) is 0 Å². The van der Waals surface area contributed by atoms with Gasteiger partial charge in [0.05, 0.1) is 0 Å². The lowest BCUT2D eigenvalue weighted by Crippen LogP contribution is -1.95. The topological polar surface area (TPSA) is 0 Å². The van der Waals surface area contributed by atoms with Crippen LogP contribution >= 0.6 is 0 Å². The van der Waals surface area contributed by atoms with Gasteiger partial charge in [0, 0.05) is 0 Å². The number of hydrogen-bond donors (Lipinski definition) is 0. The van der Waals surface area contributed by atoms with Gasteiger partial charge in [0.1, 0.15) is 0 Å². The van der Waals surface area contributed by atoms with Crippen molar-refractivity contribution < 1.29 is 0 Å². The molecule has 0 fully saturated rings. The van der Waals surface area contributed by atoms with Crippen LogP contribution in [0.25, 0.3) is 0 Å². The Bertz CT molecular complexity index is 218. The Hall–Kier alpha value is 0. The molecule has 0 saturated carbocycles. The van der Waals surface area contributed by atoms with Gasteiger partial charge in [-0.3, -0.25) is 0 Å². The SMILES string of the molecule is CCCCCCCCCCCCCCC(C)CCCCCC(C)C. The van der Waals surface area contributed by atoms with Gasteiger partial charge in [0.2, 0.25) is 0 Å². The first-order valence-electron chi connectivity index (χ1n) is 11.7. The van der Waals surface area contributed by atoms with Crippen molar-refractivity contribution in [2.45, 2.75) is 143 Å². The molecule has 0 aromatic rings. The highest BCUT2D eigenvalue weighted by Gasteiger charge is 2.02. The summed E-state index contributed by atoms with van der Waals surface area (Å²) in [6.07, 6.45) is 26.3. The fourth-order valence-corrected chi connectivity index (χ4v) is 3.70. The second kappa shape index (κ2) is 19.3. The summed E-state index contributed by atoms with van der Waals surface area (Å²) in [7, 11) is 0. The summed E-state index contributed by atoms with van der Waals surface area (Å²) >= 11 is 0. The van der Waals surface area contributed by atoms with E-state index in [4.69, 9.17) is 0 Å². The molecule has 0 aliphatic heterocycles. The van der Waals surface area contributed by atoms with E-state index in [-0.39, 0.29) is 0 Å². The molecule has 0 heterocycles. The lowest BCUT2D eigenvalue weighted by Gasteiger charge is -2.11. The number of rotatable bonds is 19. The zero-order valence-corrected chi connectivity index (χ0v) is 17.9. The fraction of sp³-hybridized carbons (Fsp3) is 1.00. The maximum absolute atomic E-state index is 2.47. The highest BCUT2D eigenvalue weighted by Crippen LogP contribution is 2.19. The molecule has 0 heteroatoms. The van der Waals surface area contributed by atoms with Crippen molar-refractivity contribution in [3.05, 3.63) is 0 Å². The average molecular weight is 339 g/mol. The predicted octanol–water partition coefficient (Wildman–Crippen LogP) is 9.32. The van der Waals surface area contributed by atoms with E-state index >= 15 is 0 Å². The van der Waals surface area contributed by atoms with E-state index < -0.39 is 0 Å². The van der Waals surface area contributed by atoms with Crippen molar-refractivity contribution in [1.82, 2.24) is 0 Å². The normalized spacial score (nSPS) is 12.9. The Kier molecular flexibility index (Phi) is 19.3. The molecule has 0 spiro atoms. The number of unbranched alkanes of at least 4 members (excludes halogenated alkanes) is 13. The van der Waals surface area contributed by atoms with Crippen LogP contribution in [0.1, 0.15) is 143 Å². The average Bonchev–Trinajstić information content (AvgIpc) is 2.55. The standard InChI is InChI=1S/C24H50/c1-5-6-7-8-9-10-11-12-13-14-15-18-21-24(4)22-19-16-17-20-23(2)3/h23-24H,5-22H2,1-4H3. The van der Waals surface area contributed by atoms with Gasteiger partial charge in [-0.15, -0.1) is 0 Å². The van der Waals surface area contributed by atoms with Crippen LogP contribution in [0.4, 0.5) is 0 Å². The maximum atomic E-state index is 2.47. The highest BCUT2D eigenvalue weighted by molar-refractivity contribution is 4.56. The molecule has 0 nitrogen and oxygen atoms in total. The molecule has 0 bridgehead atoms. The van der Waals surface area contributed by atoms with Crippen LogP contribution in [0.5, 0.6) is 0 Å². The minimum absolute atomic E-state index is 0.892. The quantitative estimate of drug-likeness (QED) is 0.206. The summed E-state index contributed by atoms with van der Waals surface area (Å²) in [6.45, 7) is 9.46.